The Morgan fingerprint density at radius 1 is 1.64 bits per heavy atom. The van der Waals surface area contributed by atoms with E-state index in [1.807, 2.05) is 13.8 Å². The van der Waals surface area contributed by atoms with Gasteiger partial charge in [-0.15, -0.1) is 0 Å². The van der Waals surface area contributed by atoms with Gasteiger partial charge in [0.2, 0.25) is 0 Å². The van der Waals surface area contributed by atoms with Crippen LogP contribution in [0.1, 0.15) is 40.0 Å². The van der Waals surface area contributed by atoms with Crippen molar-refractivity contribution in [2.45, 2.75) is 45.6 Å². The normalized spacial score (nSPS) is 28.4. The van der Waals surface area contributed by atoms with E-state index in [0.717, 1.165) is 19.5 Å². The topological polar surface area (TPSA) is 40.5 Å². The predicted molar refractivity (Wildman–Crippen MR) is 56.3 cm³/mol. The zero-order valence-corrected chi connectivity index (χ0v) is 9.42. The minimum atomic E-state index is -0.686. The van der Waals surface area contributed by atoms with E-state index < -0.39 is 11.5 Å². The van der Waals surface area contributed by atoms with Gasteiger partial charge in [-0.05, 0) is 38.6 Å². The molecule has 82 valence electrons. The summed E-state index contributed by atoms with van der Waals surface area (Å²) in [4.78, 5) is 13.3. The first-order chi connectivity index (χ1) is 6.50. The minimum Gasteiger partial charge on any atom is -0.480 e. The number of piperidine rings is 1. The summed E-state index contributed by atoms with van der Waals surface area (Å²) in [5, 5.41) is 9.23. The fourth-order valence-corrected chi connectivity index (χ4v) is 2.15. The third kappa shape index (κ3) is 2.08. The zero-order valence-electron chi connectivity index (χ0n) is 9.42. The molecule has 3 heteroatoms. The first kappa shape index (κ1) is 11.5. The Balaban J connectivity index is 2.73. The Hall–Kier alpha value is -0.570. The molecule has 0 aliphatic carbocycles. The van der Waals surface area contributed by atoms with Crippen molar-refractivity contribution in [2.75, 3.05) is 13.1 Å². The third-order valence-corrected chi connectivity index (χ3v) is 3.50. The van der Waals surface area contributed by atoms with Crippen molar-refractivity contribution in [1.29, 1.82) is 0 Å². The van der Waals surface area contributed by atoms with Crippen LogP contribution in [0.25, 0.3) is 0 Å². The maximum atomic E-state index is 11.2. The van der Waals surface area contributed by atoms with E-state index in [1.165, 1.54) is 6.42 Å². The molecule has 1 N–H and O–H groups in total. The highest BCUT2D eigenvalue weighted by Crippen LogP contribution is 2.26. The molecule has 0 aromatic heterocycles. The lowest BCUT2D eigenvalue weighted by atomic mass is 9.90. The van der Waals surface area contributed by atoms with E-state index in [-0.39, 0.29) is 0 Å². The molecule has 0 radical (unpaired) electrons. The van der Waals surface area contributed by atoms with Crippen LogP contribution in [0, 0.1) is 5.92 Å². The monoisotopic (exact) mass is 199 g/mol. The van der Waals surface area contributed by atoms with Gasteiger partial charge in [-0.3, -0.25) is 9.69 Å². The summed E-state index contributed by atoms with van der Waals surface area (Å²) >= 11 is 0. The first-order valence-corrected chi connectivity index (χ1v) is 5.49. The number of aliphatic carboxylic acids is 1. The minimum absolute atomic E-state index is 0.633. The third-order valence-electron chi connectivity index (χ3n) is 3.50. The van der Waals surface area contributed by atoms with Gasteiger partial charge in [0.1, 0.15) is 5.54 Å². The molecular formula is C11H21NO2. The van der Waals surface area contributed by atoms with Crippen molar-refractivity contribution in [2.24, 2.45) is 5.92 Å². The highest BCUT2D eigenvalue weighted by molar-refractivity contribution is 5.78. The van der Waals surface area contributed by atoms with Crippen LogP contribution in [-0.4, -0.2) is 34.6 Å². The summed E-state index contributed by atoms with van der Waals surface area (Å²) in [6.07, 6.45) is 3.04. The highest BCUT2D eigenvalue weighted by Gasteiger charge is 2.39. The van der Waals surface area contributed by atoms with Crippen molar-refractivity contribution in [3.63, 3.8) is 0 Å². The molecule has 14 heavy (non-hydrogen) atoms. The van der Waals surface area contributed by atoms with Crippen molar-refractivity contribution >= 4 is 5.97 Å². The van der Waals surface area contributed by atoms with Gasteiger partial charge in [0.25, 0.3) is 0 Å². The van der Waals surface area contributed by atoms with Crippen LogP contribution in [0.3, 0.4) is 0 Å². The Morgan fingerprint density at radius 3 is 2.71 bits per heavy atom. The van der Waals surface area contributed by atoms with Crippen LogP contribution >= 0.6 is 0 Å². The molecule has 0 aromatic carbocycles. The number of nitrogens with zero attached hydrogens (tertiary/aromatic N) is 1. The molecule has 0 saturated carbocycles. The molecule has 0 amide bonds. The Bertz CT molecular complexity index is 217. The van der Waals surface area contributed by atoms with Gasteiger partial charge < -0.3 is 5.11 Å². The Kier molecular flexibility index (Phi) is 3.53. The molecule has 1 aliphatic rings. The SMILES string of the molecule is CC[C@@](C)(C(=O)O)N1CCC[C@@H](C)C1. The zero-order chi connectivity index (χ0) is 10.8. The van der Waals surface area contributed by atoms with Crippen LogP contribution in [0.4, 0.5) is 0 Å². The molecule has 1 fully saturated rings. The summed E-state index contributed by atoms with van der Waals surface area (Å²) in [5.41, 5.74) is -0.658. The van der Waals surface area contributed by atoms with E-state index in [4.69, 9.17) is 0 Å². The standard InChI is InChI=1S/C11H21NO2/c1-4-11(3,10(13)14)12-7-5-6-9(2)8-12/h9H,4-8H2,1-3H3,(H,13,14)/t9-,11+/m1/s1. The molecule has 2 atom stereocenters. The number of rotatable bonds is 3. The lowest BCUT2D eigenvalue weighted by molar-refractivity contribution is -0.152. The van der Waals surface area contributed by atoms with Crippen LogP contribution in [0.2, 0.25) is 0 Å². The van der Waals surface area contributed by atoms with Gasteiger partial charge in [0.15, 0.2) is 0 Å². The Morgan fingerprint density at radius 2 is 2.29 bits per heavy atom. The second-order valence-electron chi connectivity index (χ2n) is 4.63. The summed E-state index contributed by atoms with van der Waals surface area (Å²) in [7, 11) is 0. The molecule has 0 unspecified atom stereocenters. The first-order valence-electron chi connectivity index (χ1n) is 5.49. The van der Waals surface area contributed by atoms with Gasteiger partial charge >= 0.3 is 5.97 Å². The quantitative estimate of drug-likeness (QED) is 0.755. The largest absolute Gasteiger partial charge is 0.480 e. The number of carboxylic acids is 1. The summed E-state index contributed by atoms with van der Waals surface area (Å²) in [6, 6.07) is 0. The average molecular weight is 199 g/mol. The highest BCUT2D eigenvalue weighted by atomic mass is 16.4. The van der Waals surface area contributed by atoms with E-state index in [9.17, 15) is 9.90 Å². The lowest BCUT2D eigenvalue weighted by Gasteiger charge is -2.41. The number of likely N-dealkylation sites (tertiary alicyclic amines) is 1. The molecule has 1 saturated heterocycles. The summed E-state index contributed by atoms with van der Waals surface area (Å²) in [5.74, 6) is -0.0527. The second-order valence-corrected chi connectivity index (χ2v) is 4.63. The number of carboxylic acid groups (broad SMARTS) is 1. The van der Waals surface area contributed by atoms with Crippen LogP contribution < -0.4 is 0 Å². The van der Waals surface area contributed by atoms with Crippen molar-refractivity contribution < 1.29 is 9.90 Å². The van der Waals surface area contributed by atoms with Gasteiger partial charge in [-0.1, -0.05) is 13.8 Å². The second kappa shape index (κ2) is 4.30. The molecular weight excluding hydrogens is 178 g/mol. The maximum Gasteiger partial charge on any atom is 0.323 e. The maximum absolute atomic E-state index is 11.2. The summed E-state index contributed by atoms with van der Waals surface area (Å²) in [6.45, 7) is 7.85. The number of carbonyl (C=O) groups is 1. The van der Waals surface area contributed by atoms with Crippen molar-refractivity contribution in [3.8, 4) is 0 Å². The number of hydrogen-bond donors (Lipinski definition) is 1. The molecule has 0 aromatic rings. The van der Waals surface area contributed by atoms with E-state index >= 15 is 0 Å². The van der Waals surface area contributed by atoms with Crippen molar-refractivity contribution in [3.05, 3.63) is 0 Å². The van der Waals surface area contributed by atoms with E-state index in [1.54, 1.807) is 0 Å². The van der Waals surface area contributed by atoms with Gasteiger partial charge in [0.05, 0.1) is 0 Å². The van der Waals surface area contributed by atoms with Crippen LogP contribution in [-0.2, 0) is 4.79 Å². The molecule has 1 rings (SSSR count). The van der Waals surface area contributed by atoms with Crippen molar-refractivity contribution in [1.82, 2.24) is 4.90 Å². The van der Waals surface area contributed by atoms with Gasteiger partial charge in [0, 0.05) is 6.54 Å². The number of hydrogen-bond acceptors (Lipinski definition) is 2. The Labute approximate surface area is 86.1 Å². The average Bonchev–Trinajstić information content (AvgIpc) is 2.16. The molecule has 3 nitrogen and oxygen atoms in total. The lowest BCUT2D eigenvalue weighted by Crippen LogP contribution is -2.55. The van der Waals surface area contributed by atoms with E-state index in [0.29, 0.717) is 12.3 Å². The molecule has 1 heterocycles. The molecule has 1 aliphatic heterocycles. The van der Waals surface area contributed by atoms with E-state index in [2.05, 4.69) is 11.8 Å². The molecule has 0 bridgehead atoms. The molecule has 0 spiro atoms. The van der Waals surface area contributed by atoms with Gasteiger partial charge in [-0.2, -0.15) is 0 Å². The van der Waals surface area contributed by atoms with Gasteiger partial charge in [-0.25, -0.2) is 0 Å². The van der Waals surface area contributed by atoms with Crippen LogP contribution in [0.5, 0.6) is 0 Å². The fraction of sp³-hybridized carbons (Fsp3) is 0.909. The predicted octanol–water partition coefficient (Wildman–Crippen LogP) is 1.97. The smallest absolute Gasteiger partial charge is 0.323 e. The summed E-state index contributed by atoms with van der Waals surface area (Å²) < 4.78 is 0. The fourth-order valence-electron chi connectivity index (χ4n) is 2.15. The van der Waals surface area contributed by atoms with Crippen LogP contribution in [0.15, 0.2) is 0 Å².